The smallest absolute Gasteiger partial charge is 0.262 e. The van der Waals surface area contributed by atoms with Crippen molar-refractivity contribution in [3.05, 3.63) is 83.7 Å². The second-order valence-corrected chi connectivity index (χ2v) is 6.48. The molecular formula is C23H21FN2O4. The zero-order chi connectivity index (χ0) is 21.5. The first kappa shape index (κ1) is 20.9. The van der Waals surface area contributed by atoms with Gasteiger partial charge in [0.2, 0.25) is 0 Å². The third-order valence-electron chi connectivity index (χ3n) is 4.29. The Balaban J connectivity index is 1.53. The van der Waals surface area contributed by atoms with Crippen molar-refractivity contribution in [3.8, 4) is 11.5 Å². The molecule has 0 unspecified atom stereocenters. The maximum absolute atomic E-state index is 13.5. The molecule has 6 nitrogen and oxygen atoms in total. The molecule has 0 aliphatic rings. The number of aryl methyl sites for hydroxylation is 1. The van der Waals surface area contributed by atoms with Gasteiger partial charge in [0.15, 0.2) is 6.61 Å². The SMILES string of the molecule is COc1ccccc1C(=O)Nc1ccc(OCC(=O)Nc2ccc(C)c(F)c2)cc1. The van der Waals surface area contributed by atoms with Crippen molar-refractivity contribution in [1.82, 2.24) is 0 Å². The number of halogens is 1. The molecule has 7 heteroatoms. The van der Waals surface area contributed by atoms with Gasteiger partial charge in [-0.1, -0.05) is 18.2 Å². The number of carbonyl (C=O) groups is 2. The molecule has 3 aromatic carbocycles. The summed E-state index contributed by atoms with van der Waals surface area (Å²) in [5.41, 5.74) is 1.85. The highest BCUT2D eigenvalue weighted by Gasteiger charge is 2.12. The van der Waals surface area contributed by atoms with Gasteiger partial charge in [-0.05, 0) is 61.0 Å². The number of hydrogen-bond donors (Lipinski definition) is 2. The van der Waals surface area contributed by atoms with Gasteiger partial charge in [0.05, 0.1) is 12.7 Å². The molecule has 0 spiro atoms. The number of rotatable bonds is 7. The lowest BCUT2D eigenvalue weighted by molar-refractivity contribution is -0.118. The fourth-order valence-electron chi connectivity index (χ4n) is 2.68. The molecule has 0 aliphatic heterocycles. The predicted octanol–water partition coefficient (Wildman–Crippen LogP) is 4.41. The summed E-state index contributed by atoms with van der Waals surface area (Å²) < 4.78 is 24.2. The van der Waals surface area contributed by atoms with Crippen molar-refractivity contribution < 1.29 is 23.5 Å². The van der Waals surface area contributed by atoms with Gasteiger partial charge in [-0.3, -0.25) is 9.59 Å². The largest absolute Gasteiger partial charge is 0.496 e. The maximum Gasteiger partial charge on any atom is 0.262 e. The number of para-hydroxylation sites is 1. The summed E-state index contributed by atoms with van der Waals surface area (Å²) in [4.78, 5) is 24.4. The molecule has 154 valence electrons. The minimum absolute atomic E-state index is 0.234. The van der Waals surface area contributed by atoms with Crippen LogP contribution in [0.5, 0.6) is 11.5 Å². The van der Waals surface area contributed by atoms with Crippen LogP contribution in [-0.4, -0.2) is 25.5 Å². The molecule has 0 aromatic heterocycles. The van der Waals surface area contributed by atoms with E-state index in [0.717, 1.165) is 0 Å². The Bertz CT molecular complexity index is 1050. The minimum Gasteiger partial charge on any atom is -0.496 e. The van der Waals surface area contributed by atoms with Gasteiger partial charge in [-0.15, -0.1) is 0 Å². The van der Waals surface area contributed by atoms with Crippen LogP contribution in [0.4, 0.5) is 15.8 Å². The van der Waals surface area contributed by atoms with E-state index in [4.69, 9.17) is 9.47 Å². The van der Waals surface area contributed by atoms with E-state index in [9.17, 15) is 14.0 Å². The molecule has 3 rings (SSSR count). The van der Waals surface area contributed by atoms with Crippen molar-refractivity contribution in [2.75, 3.05) is 24.4 Å². The van der Waals surface area contributed by atoms with E-state index in [0.29, 0.717) is 34.0 Å². The number of benzene rings is 3. The Labute approximate surface area is 173 Å². The third-order valence-corrected chi connectivity index (χ3v) is 4.29. The molecule has 0 bridgehead atoms. The summed E-state index contributed by atoms with van der Waals surface area (Å²) in [6, 6.07) is 18.0. The van der Waals surface area contributed by atoms with Crippen LogP contribution in [0.1, 0.15) is 15.9 Å². The molecule has 30 heavy (non-hydrogen) atoms. The molecule has 0 fully saturated rings. The van der Waals surface area contributed by atoms with Crippen LogP contribution in [0.2, 0.25) is 0 Å². The first-order valence-corrected chi connectivity index (χ1v) is 9.19. The topological polar surface area (TPSA) is 76.7 Å². The molecule has 0 aliphatic carbocycles. The Morgan fingerprint density at radius 1 is 0.933 bits per heavy atom. The first-order chi connectivity index (χ1) is 14.5. The lowest BCUT2D eigenvalue weighted by Crippen LogP contribution is -2.20. The lowest BCUT2D eigenvalue weighted by atomic mass is 10.2. The summed E-state index contributed by atoms with van der Waals surface area (Å²) in [7, 11) is 1.50. The van der Waals surface area contributed by atoms with Crippen molar-refractivity contribution in [2.45, 2.75) is 6.92 Å². The van der Waals surface area contributed by atoms with E-state index in [1.807, 2.05) is 0 Å². The van der Waals surface area contributed by atoms with Crippen LogP contribution in [-0.2, 0) is 4.79 Å². The first-order valence-electron chi connectivity index (χ1n) is 9.19. The quantitative estimate of drug-likeness (QED) is 0.607. The van der Waals surface area contributed by atoms with E-state index in [1.165, 1.54) is 13.2 Å². The van der Waals surface area contributed by atoms with Crippen LogP contribution >= 0.6 is 0 Å². The van der Waals surface area contributed by atoms with E-state index < -0.39 is 5.91 Å². The van der Waals surface area contributed by atoms with E-state index in [1.54, 1.807) is 67.6 Å². The van der Waals surface area contributed by atoms with Crippen molar-refractivity contribution in [2.24, 2.45) is 0 Å². The summed E-state index contributed by atoms with van der Waals surface area (Å²) in [5, 5.41) is 5.35. The highest BCUT2D eigenvalue weighted by molar-refractivity contribution is 6.06. The fraction of sp³-hybridized carbons (Fsp3) is 0.130. The number of amides is 2. The number of ether oxygens (including phenoxy) is 2. The molecule has 0 atom stereocenters. The highest BCUT2D eigenvalue weighted by atomic mass is 19.1. The van der Waals surface area contributed by atoms with Crippen molar-refractivity contribution in [1.29, 1.82) is 0 Å². The van der Waals surface area contributed by atoms with Crippen LogP contribution in [0.3, 0.4) is 0 Å². The number of nitrogens with one attached hydrogen (secondary N) is 2. The molecular weight excluding hydrogens is 387 g/mol. The number of carbonyl (C=O) groups excluding carboxylic acids is 2. The van der Waals surface area contributed by atoms with Crippen LogP contribution in [0.25, 0.3) is 0 Å². The van der Waals surface area contributed by atoms with Crippen LogP contribution in [0.15, 0.2) is 66.7 Å². The van der Waals surface area contributed by atoms with Gasteiger partial charge in [0, 0.05) is 11.4 Å². The Kier molecular flexibility index (Phi) is 6.64. The average Bonchev–Trinajstić information content (AvgIpc) is 2.75. The second kappa shape index (κ2) is 9.56. The Hall–Kier alpha value is -3.87. The fourth-order valence-corrected chi connectivity index (χ4v) is 2.68. The third kappa shape index (κ3) is 5.35. The Morgan fingerprint density at radius 3 is 2.33 bits per heavy atom. The predicted molar refractivity (Wildman–Crippen MR) is 113 cm³/mol. The monoisotopic (exact) mass is 408 g/mol. The van der Waals surface area contributed by atoms with Gasteiger partial charge in [0.1, 0.15) is 17.3 Å². The van der Waals surface area contributed by atoms with Gasteiger partial charge in [-0.25, -0.2) is 4.39 Å². The molecule has 0 heterocycles. The van der Waals surface area contributed by atoms with Crippen LogP contribution in [0, 0.1) is 12.7 Å². The Morgan fingerprint density at radius 2 is 1.63 bits per heavy atom. The summed E-state index contributed by atoms with van der Waals surface area (Å²) in [5.74, 6) is -0.165. The maximum atomic E-state index is 13.5. The molecule has 3 aromatic rings. The summed E-state index contributed by atoms with van der Waals surface area (Å²) in [6.07, 6.45) is 0. The number of hydrogen-bond acceptors (Lipinski definition) is 4. The zero-order valence-corrected chi connectivity index (χ0v) is 16.6. The van der Waals surface area contributed by atoms with Gasteiger partial charge >= 0.3 is 0 Å². The van der Waals surface area contributed by atoms with E-state index in [-0.39, 0.29) is 18.3 Å². The van der Waals surface area contributed by atoms with Gasteiger partial charge in [0.25, 0.3) is 11.8 Å². The normalized spacial score (nSPS) is 10.2. The molecule has 0 saturated carbocycles. The molecule has 0 saturated heterocycles. The summed E-state index contributed by atoms with van der Waals surface area (Å²) >= 11 is 0. The lowest BCUT2D eigenvalue weighted by Gasteiger charge is -2.10. The summed E-state index contributed by atoms with van der Waals surface area (Å²) in [6.45, 7) is 1.41. The molecule has 0 radical (unpaired) electrons. The van der Waals surface area contributed by atoms with Gasteiger partial charge < -0.3 is 20.1 Å². The van der Waals surface area contributed by atoms with E-state index in [2.05, 4.69) is 10.6 Å². The zero-order valence-electron chi connectivity index (χ0n) is 16.6. The van der Waals surface area contributed by atoms with Gasteiger partial charge in [-0.2, -0.15) is 0 Å². The van der Waals surface area contributed by atoms with Crippen molar-refractivity contribution >= 4 is 23.2 Å². The van der Waals surface area contributed by atoms with E-state index >= 15 is 0 Å². The molecule has 2 N–H and O–H groups in total. The standard InChI is InChI=1S/C23H21FN2O4/c1-15-7-8-17(13-20(15)24)25-22(27)14-30-18-11-9-16(10-12-18)26-23(28)19-5-3-4-6-21(19)29-2/h3-13H,14H2,1-2H3,(H,25,27)(H,26,28). The second-order valence-electron chi connectivity index (χ2n) is 6.48. The van der Waals surface area contributed by atoms with Crippen molar-refractivity contribution in [3.63, 3.8) is 0 Å². The minimum atomic E-state index is -0.410. The molecule has 2 amide bonds. The highest BCUT2D eigenvalue weighted by Crippen LogP contribution is 2.21. The van der Waals surface area contributed by atoms with Crippen LogP contribution < -0.4 is 20.1 Å². The number of anilines is 2. The average molecular weight is 408 g/mol. The number of methoxy groups -OCH3 is 1.